The Morgan fingerprint density at radius 3 is 1.37 bits per heavy atom. The van der Waals surface area contributed by atoms with Crippen molar-refractivity contribution < 1.29 is 0 Å². The fraction of sp³-hybridized carbons (Fsp3) is 0. The average Bonchev–Trinajstić information content (AvgIpc) is 4.19. The molecule has 5 heterocycles. The first-order valence-electron chi connectivity index (χ1n) is 23.6. The molecule has 0 aliphatic rings. The lowest BCUT2D eigenvalue weighted by molar-refractivity contribution is 1.16. The van der Waals surface area contributed by atoms with Gasteiger partial charge in [0.15, 0.2) is 5.82 Å². The topological polar surface area (TPSA) is 35.6 Å². The Labute approximate surface area is 410 Å². The van der Waals surface area contributed by atoms with E-state index in [0.29, 0.717) is 5.82 Å². The molecule has 6 heteroatoms. The van der Waals surface area contributed by atoms with Gasteiger partial charge in [-0.25, -0.2) is 9.97 Å². The smallest absolute Gasteiger partial charge is 0.160 e. The molecule has 0 saturated carbocycles. The van der Waals surface area contributed by atoms with Crippen LogP contribution in [-0.4, -0.2) is 19.1 Å². The second-order valence-electron chi connectivity index (χ2n) is 18.0. The normalized spacial score (nSPS) is 12.0. The highest BCUT2D eigenvalue weighted by Gasteiger charge is 2.24. The van der Waals surface area contributed by atoms with Gasteiger partial charge in [0.2, 0.25) is 0 Å². The van der Waals surface area contributed by atoms with E-state index in [9.17, 15) is 0 Å². The van der Waals surface area contributed by atoms with E-state index in [2.05, 4.69) is 234 Å². The lowest BCUT2D eigenvalue weighted by atomic mass is 9.96. The minimum Gasteiger partial charge on any atom is -0.309 e. The van der Waals surface area contributed by atoms with Gasteiger partial charge in [0.1, 0.15) is 0 Å². The molecule has 15 aromatic rings. The Hall–Kier alpha value is -8.68. The maximum absolute atomic E-state index is 5.36. The fourth-order valence-corrected chi connectivity index (χ4v) is 13.6. The molecule has 0 radical (unpaired) electrons. The maximum atomic E-state index is 5.36. The van der Waals surface area contributed by atoms with Gasteiger partial charge in [-0.05, 0) is 60.7 Å². The molecule has 0 amide bonds. The van der Waals surface area contributed by atoms with Crippen molar-refractivity contribution in [3.63, 3.8) is 0 Å². The third kappa shape index (κ3) is 5.87. The van der Waals surface area contributed by atoms with Gasteiger partial charge in [-0.1, -0.05) is 170 Å². The van der Waals surface area contributed by atoms with Crippen LogP contribution in [0.25, 0.3) is 140 Å². The number of hydrogen-bond donors (Lipinski definition) is 0. The maximum Gasteiger partial charge on any atom is 0.160 e. The van der Waals surface area contributed by atoms with E-state index in [4.69, 9.17) is 9.97 Å². The molecule has 0 saturated heterocycles. The SMILES string of the molecule is c1ccc(-c2cc(-c3ccc(-n4c5ccccc5c5c6sc7ccccc7c6ccc54)c(-c4ccccc4-n4c5ccccc5c5c6sc7ccccc7c6ccc54)c3)nc(-c3ccccc3)n2)cc1. The van der Waals surface area contributed by atoms with Crippen LogP contribution in [0.1, 0.15) is 0 Å². The Balaban J connectivity index is 1.04. The summed E-state index contributed by atoms with van der Waals surface area (Å²) in [6, 6.07) is 83.6. The largest absolute Gasteiger partial charge is 0.309 e. The third-order valence-electron chi connectivity index (χ3n) is 14.2. The predicted molar refractivity (Wildman–Crippen MR) is 298 cm³/mol. The Kier molecular flexibility index (Phi) is 8.66. The molecule has 4 nitrogen and oxygen atoms in total. The molecule has 0 aliphatic carbocycles. The van der Waals surface area contributed by atoms with E-state index in [0.717, 1.165) is 56.1 Å². The summed E-state index contributed by atoms with van der Waals surface area (Å²) in [4.78, 5) is 10.5. The second-order valence-corrected chi connectivity index (χ2v) is 20.1. The van der Waals surface area contributed by atoms with Crippen LogP contribution < -0.4 is 0 Å². The Morgan fingerprint density at radius 1 is 0.300 bits per heavy atom. The van der Waals surface area contributed by atoms with Crippen LogP contribution in [0.2, 0.25) is 0 Å². The van der Waals surface area contributed by atoms with Crippen LogP contribution in [0.15, 0.2) is 231 Å². The van der Waals surface area contributed by atoms with Gasteiger partial charge in [-0.3, -0.25) is 0 Å². The molecule has 0 bridgehead atoms. The van der Waals surface area contributed by atoms with Gasteiger partial charge in [-0.15, -0.1) is 22.7 Å². The van der Waals surface area contributed by atoms with Crippen molar-refractivity contribution in [2.24, 2.45) is 0 Å². The highest BCUT2D eigenvalue weighted by Crippen LogP contribution is 2.48. The van der Waals surface area contributed by atoms with E-state index >= 15 is 0 Å². The highest BCUT2D eigenvalue weighted by molar-refractivity contribution is 7.27. The van der Waals surface area contributed by atoms with E-state index in [1.807, 2.05) is 28.7 Å². The molecule has 0 aliphatic heterocycles. The molecular formula is C64H38N4S2. The van der Waals surface area contributed by atoms with Gasteiger partial charge in [-0.2, -0.15) is 0 Å². The zero-order chi connectivity index (χ0) is 45.9. The summed E-state index contributed by atoms with van der Waals surface area (Å²) in [5, 5.41) is 10.3. The van der Waals surface area contributed by atoms with E-state index < -0.39 is 0 Å². The van der Waals surface area contributed by atoms with Crippen molar-refractivity contribution in [2.45, 2.75) is 0 Å². The number of para-hydroxylation sites is 3. The van der Waals surface area contributed by atoms with Gasteiger partial charge in [0.05, 0.1) is 44.8 Å². The van der Waals surface area contributed by atoms with Crippen LogP contribution in [0.4, 0.5) is 0 Å². The number of thiophene rings is 2. The summed E-state index contributed by atoms with van der Waals surface area (Å²) in [7, 11) is 0. The lowest BCUT2D eigenvalue weighted by Crippen LogP contribution is -2.02. The second kappa shape index (κ2) is 15.4. The van der Waals surface area contributed by atoms with Crippen LogP contribution in [-0.2, 0) is 0 Å². The fourth-order valence-electron chi connectivity index (χ4n) is 11.1. The number of benzene rings is 10. The minimum atomic E-state index is 0.690. The summed E-state index contributed by atoms with van der Waals surface area (Å²) in [6.07, 6.45) is 0. The van der Waals surface area contributed by atoms with Crippen molar-refractivity contribution in [1.29, 1.82) is 0 Å². The van der Waals surface area contributed by atoms with E-state index in [-0.39, 0.29) is 0 Å². The van der Waals surface area contributed by atoms with Gasteiger partial charge < -0.3 is 9.13 Å². The average molecular weight is 927 g/mol. The summed E-state index contributed by atoms with van der Waals surface area (Å²) in [5.41, 5.74) is 13.9. The zero-order valence-corrected chi connectivity index (χ0v) is 39.2. The summed E-state index contributed by atoms with van der Waals surface area (Å²) in [6.45, 7) is 0. The summed E-state index contributed by atoms with van der Waals surface area (Å²) in [5.74, 6) is 0.690. The van der Waals surface area contributed by atoms with Gasteiger partial charge >= 0.3 is 0 Å². The highest BCUT2D eigenvalue weighted by atomic mass is 32.1. The molecule has 0 spiro atoms. The number of aromatic nitrogens is 4. The molecule has 15 rings (SSSR count). The molecule has 70 heavy (non-hydrogen) atoms. The first kappa shape index (κ1) is 39.3. The van der Waals surface area contributed by atoms with Crippen molar-refractivity contribution in [2.75, 3.05) is 0 Å². The number of hydrogen-bond acceptors (Lipinski definition) is 4. The number of fused-ring (bicyclic) bond motifs is 14. The van der Waals surface area contributed by atoms with E-state index in [1.165, 1.54) is 78.4 Å². The van der Waals surface area contributed by atoms with Gasteiger partial charge in [0, 0.05) is 89.7 Å². The minimum absolute atomic E-state index is 0.690. The molecule has 10 aromatic carbocycles. The molecule has 0 atom stereocenters. The Morgan fingerprint density at radius 2 is 0.771 bits per heavy atom. The van der Waals surface area contributed by atoms with Crippen molar-refractivity contribution in [3.05, 3.63) is 231 Å². The molecular weight excluding hydrogens is 889 g/mol. The standard InChI is InChI=1S/C64H38N4S2/c1-3-17-39(18-4-1)50-38-51(66-64(65-50)40-19-5-2-6-20-40)41-31-34-55(68-54-28-14-9-25-48(54)61-57(68)36-33-46-44-23-11-16-30-59(44)70-63(46)61)49(37-41)42-21-7-12-26-52(42)67-53-27-13-8-24-47(53)60-56(67)35-32-45-43-22-10-15-29-58(43)69-62(45)60/h1-38H. The first-order chi connectivity index (χ1) is 34.7. The van der Waals surface area contributed by atoms with Gasteiger partial charge in [0.25, 0.3) is 0 Å². The van der Waals surface area contributed by atoms with Crippen molar-refractivity contribution in [1.82, 2.24) is 19.1 Å². The van der Waals surface area contributed by atoms with E-state index in [1.54, 1.807) is 0 Å². The molecule has 326 valence electrons. The summed E-state index contributed by atoms with van der Waals surface area (Å²) < 4.78 is 10.2. The van der Waals surface area contributed by atoms with Crippen LogP contribution >= 0.6 is 22.7 Å². The zero-order valence-electron chi connectivity index (χ0n) is 37.5. The third-order valence-corrected chi connectivity index (χ3v) is 16.6. The first-order valence-corrected chi connectivity index (χ1v) is 25.3. The Bertz CT molecular complexity index is 4540. The quantitative estimate of drug-likeness (QED) is 0.167. The monoisotopic (exact) mass is 926 g/mol. The molecule has 0 N–H and O–H groups in total. The molecule has 0 fully saturated rings. The van der Waals surface area contributed by atoms with Crippen LogP contribution in [0.5, 0.6) is 0 Å². The van der Waals surface area contributed by atoms with Crippen LogP contribution in [0, 0.1) is 0 Å². The predicted octanol–water partition coefficient (Wildman–Crippen LogP) is 18.1. The molecule has 0 unspecified atom stereocenters. The lowest BCUT2D eigenvalue weighted by Gasteiger charge is -2.20. The number of nitrogens with zero attached hydrogens (tertiary/aromatic N) is 4. The van der Waals surface area contributed by atoms with Crippen molar-refractivity contribution in [3.8, 4) is 56.4 Å². The summed E-state index contributed by atoms with van der Waals surface area (Å²) >= 11 is 3.78. The molecule has 5 aromatic heterocycles. The van der Waals surface area contributed by atoms with Crippen molar-refractivity contribution >= 4 is 107 Å². The van der Waals surface area contributed by atoms with Crippen LogP contribution in [0.3, 0.4) is 0 Å². The number of rotatable bonds is 6.